The Hall–Kier alpha value is -3.80. The second-order valence-electron chi connectivity index (χ2n) is 11.7. The molecule has 4 unspecified atom stereocenters. The summed E-state index contributed by atoms with van der Waals surface area (Å²) >= 11 is 1.49. The van der Waals surface area contributed by atoms with Crippen LogP contribution in [-0.2, 0) is 6.42 Å². The minimum atomic E-state index is -1.66. The number of amides is 3. The molecule has 0 saturated heterocycles. The van der Waals surface area contributed by atoms with Crippen LogP contribution in [0, 0.1) is 18.6 Å². The Morgan fingerprint density at radius 3 is 1.94 bits per heavy atom. The van der Waals surface area contributed by atoms with Gasteiger partial charge in [0, 0.05) is 35.8 Å². The number of rotatable bonds is 17. The zero-order valence-corrected chi connectivity index (χ0v) is 28.2. The van der Waals surface area contributed by atoms with Gasteiger partial charge >= 0.3 is 0 Å². The first-order chi connectivity index (χ1) is 22.5. The van der Waals surface area contributed by atoms with Gasteiger partial charge in [-0.1, -0.05) is 32.0 Å². The van der Waals surface area contributed by atoms with Crippen LogP contribution in [0.1, 0.15) is 75.3 Å². The van der Waals surface area contributed by atoms with Gasteiger partial charge in [0.25, 0.3) is 17.7 Å². The highest BCUT2D eigenvalue weighted by Crippen LogP contribution is 2.19. The lowest BCUT2D eigenvalue weighted by atomic mass is 9.92. The zero-order valence-electron chi connectivity index (χ0n) is 27.3. The van der Waals surface area contributed by atoms with Crippen molar-refractivity contribution in [3.63, 3.8) is 0 Å². The molecule has 0 radical (unpaired) electrons. The molecule has 3 amide bonds. The van der Waals surface area contributed by atoms with Crippen molar-refractivity contribution in [3.05, 3.63) is 106 Å². The summed E-state index contributed by atoms with van der Waals surface area (Å²) in [6.45, 7) is 6.85. The van der Waals surface area contributed by atoms with Crippen LogP contribution in [0.4, 0.5) is 8.78 Å². The van der Waals surface area contributed by atoms with Crippen molar-refractivity contribution in [2.24, 2.45) is 0 Å². The van der Waals surface area contributed by atoms with Crippen LogP contribution in [0.15, 0.2) is 66.7 Å². The third kappa shape index (κ3) is 11.2. The number of hydrogen-bond acceptors (Lipinski definition) is 6. The van der Waals surface area contributed by atoms with Crippen LogP contribution in [0.5, 0.6) is 0 Å². The van der Waals surface area contributed by atoms with E-state index in [1.54, 1.807) is 54.3 Å². The largest absolute Gasteiger partial charge is 0.388 e. The molecule has 4 atom stereocenters. The minimum absolute atomic E-state index is 0.142. The smallest absolute Gasteiger partial charge is 0.253 e. The summed E-state index contributed by atoms with van der Waals surface area (Å²) in [4.78, 5) is 41.8. The molecule has 3 aromatic rings. The van der Waals surface area contributed by atoms with Crippen LogP contribution < -0.4 is 10.6 Å². The Morgan fingerprint density at radius 1 is 0.787 bits per heavy atom. The molecular weight excluding hydrogens is 624 g/mol. The van der Waals surface area contributed by atoms with Crippen LogP contribution in [0.2, 0.25) is 0 Å². The molecule has 0 aromatic heterocycles. The number of aryl methyl sites for hydroxylation is 1. The molecule has 47 heavy (non-hydrogen) atoms. The fraction of sp³-hybridized carbons (Fsp3) is 0.417. The zero-order chi connectivity index (χ0) is 34.5. The lowest BCUT2D eigenvalue weighted by molar-refractivity contribution is -0.0224. The Bertz CT molecular complexity index is 1470. The summed E-state index contributed by atoms with van der Waals surface area (Å²) in [5.74, 6) is -2.44. The predicted molar refractivity (Wildman–Crippen MR) is 182 cm³/mol. The van der Waals surface area contributed by atoms with E-state index in [-0.39, 0.29) is 23.5 Å². The van der Waals surface area contributed by atoms with E-state index in [0.29, 0.717) is 48.0 Å². The molecule has 254 valence electrons. The number of aliphatic hydroxyl groups excluding tert-OH is 2. The molecule has 0 spiro atoms. The summed E-state index contributed by atoms with van der Waals surface area (Å²) in [5.41, 5.74) is 1.66. The lowest BCUT2D eigenvalue weighted by Gasteiger charge is -2.33. The molecule has 4 N–H and O–H groups in total. The van der Waals surface area contributed by atoms with E-state index in [4.69, 9.17) is 0 Å². The number of carbonyl (C=O) groups excluding carboxylic acids is 3. The number of nitrogens with zero attached hydrogens (tertiary/aromatic N) is 1. The van der Waals surface area contributed by atoms with Crippen LogP contribution in [-0.4, -0.2) is 82.2 Å². The minimum Gasteiger partial charge on any atom is -0.388 e. The first-order valence-electron chi connectivity index (χ1n) is 15.8. The van der Waals surface area contributed by atoms with E-state index in [2.05, 4.69) is 10.6 Å². The van der Waals surface area contributed by atoms with Crippen molar-refractivity contribution >= 4 is 29.5 Å². The highest BCUT2D eigenvalue weighted by molar-refractivity contribution is 7.98. The maximum absolute atomic E-state index is 14.2. The Labute approximate surface area is 280 Å². The Balaban J connectivity index is 1.94. The van der Waals surface area contributed by atoms with Gasteiger partial charge in [0.1, 0.15) is 23.8 Å². The van der Waals surface area contributed by atoms with E-state index in [1.807, 2.05) is 20.1 Å². The monoisotopic (exact) mass is 669 g/mol. The summed E-state index contributed by atoms with van der Waals surface area (Å²) in [6.07, 6.45) is 0.245. The molecular formula is C36H45F2N3O5S. The number of benzene rings is 3. The highest BCUT2D eigenvalue weighted by Gasteiger charge is 2.34. The molecule has 0 aliphatic heterocycles. The third-order valence-corrected chi connectivity index (χ3v) is 8.36. The summed E-state index contributed by atoms with van der Waals surface area (Å²) < 4.78 is 28.3. The van der Waals surface area contributed by atoms with Crippen LogP contribution in [0.25, 0.3) is 0 Å². The highest BCUT2D eigenvalue weighted by atomic mass is 32.2. The van der Waals surface area contributed by atoms with Crippen molar-refractivity contribution in [3.8, 4) is 0 Å². The van der Waals surface area contributed by atoms with E-state index >= 15 is 0 Å². The molecule has 0 saturated carbocycles. The maximum atomic E-state index is 14.2. The van der Waals surface area contributed by atoms with Crippen molar-refractivity contribution in [2.75, 3.05) is 25.1 Å². The molecule has 0 bridgehead atoms. The first-order valence-corrected chi connectivity index (χ1v) is 17.2. The average molecular weight is 670 g/mol. The van der Waals surface area contributed by atoms with Gasteiger partial charge in [0.15, 0.2) is 0 Å². The number of carbonyl (C=O) groups is 3. The topological polar surface area (TPSA) is 119 Å². The molecule has 8 nitrogen and oxygen atoms in total. The van der Waals surface area contributed by atoms with Gasteiger partial charge in [0.2, 0.25) is 0 Å². The SMILES string of the molecule is CCCN(CCC)C(=O)c1cc(C)cc(C(=O)NC(Cc2cc(F)cc(F)c2)C(O)C(O)C(CCSC)NC(=O)c2ccccc2)c1. The molecule has 3 rings (SSSR count). The second-order valence-corrected chi connectivity index (χ2v) is 12.6. The number of thioether (sulfide) groups is 1. The normalized spacial score (nSPS) is 13.7. The van der Waals surface area contributed by atoms with Crippen molar-refractivity contribution in [2.45, 2.75) is 70.7 Å². The molecule has 0 aliphatic rings. The Morgan fingerprint density at radius 2 is 1.34 bits per heavy atom. The van der Waals surface area contributed by atoms with E-state index < -0.39 is 47.7 Å². The maximum Gasteiger partial charge on any atom is 0.253 e. The summed E-state index contributed by atoms with van der Waals surface area (Å²) in [7, 11) is 0. The van der Waals surface area contributed by atoms with E-state index in [0.717, 1.165) is 25.0 Å². The van der Waals surface area contributed by atoms with Crippen molar-refractivity contribution in [1.82, 2.24) is 15.5 Å². The predicted octanol–water partition coefficient (Wildman–Crippen LogP) is 5.15. The molecule has 0 aliphatic carbocycles. The van der Waals surface area contributed by atoms with Crippen LogP contribution >= 0.6 is 11.8 Å². The summed E-state index contributed by atoms with van der Waals surface area (Å²) in [6, 6.07) is 13.9. The van der Waals surface area contributed by atoms with Gasteiger partial charge in [-0.25, -0.2) is 8.78 Å². The lowest BCUT2D eigenvalue weighted by Crippen LogP contribution is -2.56. The first kappa shape index (κ1) is 37.7. The van der Waals surface area contributed by atoms with E-state index in [1.165, 1.54) is 17.8 Å². The van der Waals surface area contributed by atoms with Crippen molar-refractivity contribution in [1.29, 1.82) is 0 Å². The number of nitrogens with one attached hydrogen (secondary N) is 2. The number of halogens is 2. The molecule has 0 heterocycles. The van der Waals surface area contributed by atoms with Gasteiger partial charge < -0.3 is 25.7 Å². The fourth-order valence-electron chi connectivity index (χ4n) is 5.46. The number of aliphatic hydroxyl groups is 2. The third-order valence-electron chi connectivity index (χ3n) is 7.72. The quantitative estimate of drug-likeness (QED) is 0.158. The summed E-state index contributed by atoms with van der Waals surface area (Å²) in [5, 5.41) is 28.5. The fourth-order valence-corrected chi connectivity index (χ4v) is 5.95. The molecule has 3 aromatic carbocycles. The Kier molecular flexibility index (Phi) is 14.8. The van der Waals surface area contributed by atoms with Gasteiger partial charge in [0.05, 0.1) is 12.1 Å². The standard InChI is InChI=1S/C36H45F2N3O5S/c1-5-13-41(14-6-2)36(46)27-17-23(3)16-26(21-27)35(45)40-31(20-24-18-28(37)22-29(38)19-24)33(43)32(42)30(12-15-47-4)39-34(44)25-10-8-7-9-11-25/h7-11,16-19,21-22,30-33,42-43H,5-6,12-15,20H2,1-4H3,(H,39,44)(H,40,45). The average Bonchev–Trinajstić information content (AvgIpc) is 3.04. The molecule has 0 fully saturated rings. The van der Waals surface area contributed by atoms with E-state index in [9.17, 15) is 33.4 Å². The second kappa shape index (κ2) is 18.5. The van der Waals surface area contributed by atoms with Gasteiger partial charge in [-0.3, -0.25) is 14.4 Å². The van der Waals surface area contributed by atoms with Crippen molar-refractivity contribution < 1.29 is 33.4 Å². The van der Waals surface area contributed by atoms with Gasteiger partial charge in [-0.15, -0.1) is 0 Å². The van der Waals surface area contributed by atoms with Crippen LogP contribution in [0.3, 0.4) is 0 Å². The van der Waals surface area contributed by atoms with Gasteiger partial charge in [-0.2, -0.15) is 11.8 Å². The molecule has 11 heteroatoms. The number of hydrogen-bond donors (Lipinski definition) is 4. The van der Waals surface area contributed by atoms with Gasteiger partial charge in [-0.05, 0) is 98.2 Å².